The molecule has 0 bridgehead atoms. The zero-order valence-electron chi connectivity index (χ0n) is 13.8. The third kappa shape index (κ3) is 3.18. The molecule has 1 N–H and O–H groups in total. The first-order chi connectivity index (χ1) is 11.4. The normalized spacial score (nSPS) is 16.7. The van der Waals surface area contributed by atoms with E-state index >= 15 is 0 Å². The summed E-state index contributed by atoms with van der Waals surface area (Å²) in [5.41, 5.74) is -0.802. The van der Waals surface area contributed by atoms with Crippen LogP contribution >= 0.6 is 23.1 Å². The molecule has 2 aromatic rings. The Morgan fingerprint density at radius 2 is 2.12 bits per heavy atom. The van der Waals surface area contributed by atoms with Gasteiger partial charge in [0.25, 0.3) is 5.91 Å². The van der Waals surface area contributed by atoms with Gasteiger partial charge in [-0.3, -0.25) is 9.69 Å². The maximum Gasteiger partial charge on any atom is 0.325 e. The highest BCUT2D eigenvalue weighted by Crippen LogP contribution is 2.26. The number of nitrogens with one attached hydrogen (secondary N) is 1. The number of hydrogen-bond acceptors (Lipinski definition) is 6. The van der Waals surface area contributed by atoms with Crippen LogP contribution in [0.3, 0.4) is 0 Å². The predicted octanol–water partition coefficient (Wildman–Crippen LogP) is 2.36. The number of carbonyl (C=O) groups is 2. The summed E-state index contributed by atoms with van der Waals surface area (Å²) in [6, 6.07) is 3.69. The summed E-state index contributed by atoms with van der Waals surface area (Å²) in [6.45, 7) is 3.85. The average Bonchev–Trinajstić information content (AvgIpc) is 3.19. The first kappa shape index (κ1) is 17.0. The fraction of sp³-hybridized carbons (Fsp3) is 0.467. The summed E-state index contributed by atoms with van der Waals surface area (Å²) in [6.07, 6.45) is 0.709. The number of amides is 3. The van der Waals surface area contributed by atoms with Gasteiger partial charge in [0.2, 0.25) is 0 Å². The van der Waals surface area contributed by atoms with Crippen LogP contribution in [0.25, 0.3) is 10.7 Å². The lowest BCUT2D eigenvalue weighted by Gasteiger charge is -2.15. The largest absolute Gasteiger partial charge is 0.325 e. The Morgan fingerprint density at radius 1 is 1.33 bits per heavy atom. The second-order valence-corrected chi connectivity index (χ2v) is 8.07. The van der Waals surface area contributed by atoms with E-state index in [0.29, 0.717) is 13.0 Å². The minimum atomic E-state index is -0.802. The minimum absolute atomic E-state index is 0.170. The van der Waals surface area contributed by atoms with Crippen LogP contribution in [-0.4, -0.2) is 49.4 Å². The van der Waals surface area contributed by atoms with E-state index in [1.807, 2.05) is 29.1 Å². The molecule has 1 aliphatic heterocycles. The molecule has 128 valence electrons. The fourth-order valence-electron chi connectivity index (χ4n) is 2.47. The second-order valence-electron chi connectivity index (χ2n) is 6.06. The standard InChI is InChI=1S/C15H19N5O2S2/c1-15(2)12(21)20(13(22)16-15)7-5-9-24-14-18-17-11(19(14)3)10-6-4-8-23-10/h4,6,8H,5,7,9H2,1-3H3,(H,16,22). The van der Waals surface area contributed by atoms with Crippen LogP contribution in [0.5, 0.6) is 0 Å². The third-order valence-electron chi connectivity index (χ3n) is 3.78. The Kier molecular flexibility index (Phi) is 4.64. The van der Waals surface area contributed by atoms with Crippen molar-refractivity contribution in [1.82, 2.24) is 25.0 Å². The number of imide groups is 1. The lowest BCUT2D eigenvalue weighted by molar-refractivity contribution is -0.130. The summed E-state index contributed by atoms with van der Waals surface area (Å²) < 4.78 is 1.97. The van der Waals surface area contributed by atoms with Crippen LogP contribution in [0.1, 0.15) is 20.3 Å². The van der Waals surface area contributed by atoms with Gasteiger partial charge < -0.3 is 9.88 Å². The average molecular weight is 365 g/mol. The number of rotatable bonds is 6. The first-order valence-electron chi connectivity index (χ1n) is 7.60. The molecule has 3 rings (SSSR count). The molecule has 2 aromatic heterocycles. The van der Waals surface area contributed by atoms with E-state index < -0.39 is 5.54 Å². The Balaban J connectivity index is 1.53. The predicted molar refractivity (Wildman–Crippen MR) is 94.0 cm³/mol. The number of urea groups is 1. The molecule has 24 heavy (non-hydrogen) atoms. The number of nitrogens with zero attached hydrogens (tertiary/aromatic N) is 4. The second kappa shape index (κ2) is 6.56. The topological polar surface area (TPSA) is 80.1 Å². The van der Waals surface area contributed by atoms with Gasteiger partial charge in [0.1, 0.15) is 5.54 Å². The Bertz CT molecular complexity index is 754. The van der Waals surface area contributed by atoms with Crippen LogP contribution in [0.4, 0.5) is 4.79 Å². The Hall–Kier alpha value is -1.87. The quantitative estimate of drug-likeness (QED) is 0.483. The summed E-state index contributed by atoms with van der Waals surface area (Å²) in [5, 5.41) is 14.0. The lowest BCUT2D eigenvalue weighted by Crippen LogP contribution is -2.40. The van der Waals surface area contributed by atoms with E-state index in [9.17, 15) is 9.59 Å². The first-order valence-corrected chi connectivity index (χ1v) is 9.47. The van der Waals surface area contributed by atoms with E-state index in [-0.39, 0.29) is 11.9 Å². The molecule has 0 unspecified atom stereocenters. The lowest BCUT2D eigenvalue weighted by atomic mass is 10.1. The number of aromatic nitrogens is 3. The molecular formula is C15H19N5O2S2. The summed E-state index contributed by atoms with van der Waals surface area (Å²) in [5.74, 6) is 1.44. The van der Waals surface area contributed by atoms with E-state index in [1.165, 1.54) is 4.90 Å². The van der Waals surface area contributed by atoms with E-state index in [0.717, 1.165) is 21.6 Å². The number of thiophene rings is 1. The Morgan fingerprint density at radius 3 is 2.75 bits per heavy atom. The molecule has 0 aliphatic carbocycles. The number of carbonyl (C=O) groups excluding carboxylic acids is 2. The maximum absolute atomic E-state index is 12.1. The van der Waals surface area contributed by atoms with E-state index in [4.69, 9.17) is 0 Å². The molecule has 0 radical (unpaired) electrons. The van der Waals surface area contributed by atoms with Crippen molar-refractivity contribution < 1.29 is 9.59 Å². The minimum Gasteiger partial charge on any atom is -0.324 e. The van der Waals surface area contributed by atoms with Crippen molar-refractivity contribution in [2.24, 2.45) is 7.05 Å². The van der Waals surface area contributed by atoms with Gasteiger partial charge >= 0.3 is 6.03 Å². The molecule has 0 aromatic carbocycles. The molecule has 3 amide bonds. The van der Waals surface area contributed by atoms with Crippen molar-refractivity contribution in [1.29, 1.82) is 0 Å². The molecule has 0 spiro atoms. The van der Waals surface area contributed by atoms with Gasteiger partial charge in [0.15, 0.2) is 11.0 Å². The van der Waals surface area contributed by atoms with Gasteiger partial charge in [-0.1, -0.05) is 17.8 Å². The van der Waals surface area contributed by atoms with Gasteiger partial charge in [-0.15, -0.1) is 21.5 Å². The molecule has 1 aliphatic rings. The van der Waals surface area contributed by atoms with Crippen LogP contribution in [-0.2, 0) is 11.8 Å². The highest BCUT2D eigenvalue weighted by atomic mass is 32.2. The summed E-state index contributed by atoms with van der Waals surface area (Å²) in [4.78, 5) is 26.3. The van der Waals surface area contributed by atoms with Crippen molar-refractivity contribution in [3.05, 3.63) is 17.5 Å². The smallest absolute Gasteiger partial charge is 0.324 e. The van der Waals surface area contributed by atoms with Gasteiger partial charge in [0, 0.05) is 19.3 Å². The van der Waals surface area contributed by atoms with Gasteiger partial charge in [-0.05, 0) is 31.7 Å². The molecule has 0 atom stereocenters. The van der Waals surface area contributed by atoms with Crippen LogP contribution in [0.2, 0.25) is 0 Å². The zero-order chi connectivity index (χ0) is 17.3. The molecule has 0 saturated carbocycles. The van der Waals surface area contributed by atoms with Crippen molar-refractivity contribution in [2.45, 2.75) is 31.0 Å². The SMILES string of the molecule is Cn1c(SCCCN2C(=O)NC(C)(C)C2=O)nnc1-c1cccs1. The molecule has 7 nitrogen and oxygen atoms in total. The summed E-state index contributed by atoms with van der Waals surface area (Å²) in [7, 11) is 1.94. The third-order valence-corrected chi connectivity index (χ3v) is 5.75. The maximum atomic E-state index is 12.1. The highest BCUT2D eigenvalue weighted by Gasteiger charge is 2.43. The van der Waals surface area contributed by atoms with E-state index in [1.54, 1.807) is 36.9 Å². The van der Waals surface area contributed by atoms with Crippen molar-refractivity contribution >= 4 is 35.0 Å². The highest BCUT2D eigenvalue weighted by molar-refractivity contribution is 7.99. The fourth-order valence-corrected chi connectivity index (χ4v) is 4.05. The molecule has 1 fully saturated rings. The van der Waals surface area contributed by atoms with Gasteiger partial charge in [-0.2, -0.15) is 0 Å². The molecule has 3 heterocycles. The molecule has 1 saturated heterocycles. The molecule has 9 heteroatoms. The van der Waals surface area contributed by atoms with Crippen molar-refractivity contribution in [3.8, 4) is 10.7 Å². The molecular weight excluding hydrogens is 346 g/mol. The van der Waals surface area contributed by atoms with Crippen LogP contribution < -0.4 is 5.32 Å². The number of thioether (sulfide) groups is 1. The van der Waals surface area contributed by atoms with Crippen molar-refractivity contribution in [3.63, 3.8) is 0 Å². The van der Waals surface area contributed by atoms with Crippen LogP contribution in [0.15, 0.2) is 22.7 Å². The monoisotopic (exact) mass is 365 g/mol. The van der Waals surface area contributed by atoms with Crippen LogP contribution in [0, 0.1) is 0 Å². The van der Waals surface area contributed by atoms with E-state index in [2.05, 4.69) is 15.5 Å². The number of hydrogen-bond donors (Lipinski definition) is 1. The Labute approximate surface area is 148 Å². The zero-order valence-corrected chi connectivity index (χ0v) is 15.4. The summed E-state index contributed by atoms with van der Waals surface area (Å²) >= 11 is 3.20. The van der Waals surface area contributed by atoms with Gasteiger partial charge in [-0.25, -0.2) is 4.79 Å². The van der Waals surface area contributed by atoms with Gasteiger partial charge in [0.05, 0.1) is 4.88 Å². The van der Waals surface area contributed by atoms with Crippen molar-refractivity contribution in [2.75, 3.05) is 12.3 Å².